The van der Waals surface area contributed by atoms with Gasteiger partial charge in [-0.3, -0.25) is 9.59 Å². The second-order valence-electron chi connectivity index (χ2n) is 4.90. The Morgan fingerprint density at radius 3 is 2.05 bits per heavy atom. The van der Waals surface area contributed by atoms with E-state index in [1.165, 1.54) is 13.8 Å². The van der Waals surface area contributed by atoms with Crippen molar-refractivity contribution in [3.05, 3.63) is 0 Å². The molecule has 0 radical (unpaired) electrons. The summed E-state index contributed by atoms with van der Waals surface area (Å²) in [5, 5.41) is 0. The molecule has 2 rings (SSSR count). The molecule has 0 spiro atoms. The summed E-state index contributed by atoms with van der Waals surface area (Å²) in [7, 11) is 1.16. The van der Waals surface area contributed by atoms with Gasteiger partial charge in [0.2, 0.25) is 0 Å². The van der Waals surface area contributed by atoms with Crippen molar-refractivity contribution in [3.63, 3.8) is 0 Å². The summed E-state index contributed by atoms with van der Waals surface area (Å²) in [6, 6.07) is 0. The van der Waals surface area contributed by atoms with E-state index in [-0.39, 0.29) is 0 Å². The maximum Gasteiger partial charge on any atom is 0.339 e. The van der Waals surface area contributed by atoms with Gasteiger partial charge >= 0.3 is 17.9 Å². The van der Waals surface area contributed by atoms with E-state index in [0.717, 1.165) is 7.11 Å². The quantitative estimate of drug-likeness (QED) is 0.503. The Morgan fingerprint density at radius 2 is 1.50 bits per heavy atom. The van der Waals surface area contributed by atoms with Crippen LogP contribution in [0.2, 0.25) is 0 Å². The minimum absolute atomic E-state index is 0.616. The predicted molar refractivity (Wildman–Crippen MR) is 67.2 cm³/mol. The van der Waals surface area contributed by atoms with Gasteiger partial charge in [0.25, 0.3) is 0 Å². The zero-order chi connectivity index (χ0) is 16.4. The summed E-state index contributed by atoms with van der Waals surface area (Å²) in [6.07, 6.45) is -5.89. The van der Waals surface area contributed by atoms with E-state index in [2.05, 4.69) is 4.74 Å². The van der Waals surface area contributed by atoms with Crippen molar-refractivity contribution in [2.45, 2.75) is 57.8 Å². The van der Waals surface area contributed by atoms with E-state index in [4.69, 9.17) is 23.7 Å². The lowest BCUT2D eigenvalue weighted by molar-refractivity contribution is -0.258. The molecule has 2 aliphatic heterocycles. The van der Waals surface area contributed by atoms with E-state index in [1.54, 1.807) is 6.92 Å². The third-order valence-corrected chi connectivity index (χ3v) is 3.21. The molecule has 0 aromatic carbocycles. The van der Waals surface area contributed by atoms with Crippen LogP contribution in [0.4, 0.5) is 0 Å². The Kier molecular flexibility index (Phi) is 4.99. The lowest BCUT2D eigenvalue weighted by Crippen LogP contribution is -2.61. The Balaban J connectivity index is 2.32. The molecule has 0 N–H and O–H groups in total. The fraction of sp³-hybridized carbons (Fsp3) is 0.769. The molecule has 2 heterocycles. The topological polar surface area (TPSA) is 107 Å². The van der Waals surface area contributed by atoms with Crippen LogP contribution in [-0.4, -0.2) is 62.0 Å². The van der Waals surface area contributed by atoms with Crippen LogP contribution in [0.15, 0.2) is 0 Å². The molecule has 2 fully saturated rings. The Bertz CT molecular complexity index is 462. The number of ether oxygens (including phenoxy) is 6. The summed E-state index contributed by atoms with van der Waals surface area (Å²) in [4.78, 5) is 34.5. The normalized spacial score (nSPS) is 37.1. The molecule has 2 aliphatic rings. The summed E-state index contributed by atoms with van der Waals surface area (Å²) in [5.41, 5.74) is 0. The van der Waals surface area contributed by atoms with E-state index >= 15 is 0 Å². The van der Waals surface area contributed by atoms with Crippen LogP contribution < -0.4 is 0 Å². The van der Waals surface area contributed by atoms with Crippen LogP contribution in [0.25, 0.3) is 0 Å². The molecule has 0 amide bonds. The van der Waals surface area contributed by atoms with E-state index in [0.29, 0.717) is 0 Å². The largest absolute Gasteiger partial charge is 0.467 e. The first-order chi connectivity index (χ1) is 10.3. The zero-order valence-electron chi connectivity index (χ0n) is 12.6. The number of carbonyl (C=O) groups excluding carboxylic acids is 3. The van der Waals surface area contributed by atoms with Crippen molar-refractivity contribution in [1.82, 2.24) is 0 Å². The van der Waals surface area contributed by atoms with Gasteiger partial charge in [0, 0.05) is 13.8 Å². The van der Waals surface area contributed by atoms with Gasteiger partial charge in [-0.1, -0.05) is 0 Å². The van der Waals surface area contributed by atoms with E-state index in [1.807, 2.05) is 0 Å². The number of rotatable bonds is 3. The van der Waals surface area contributed by atoms with Crippen molar-refractivity contribution in [2.75, 3.05) is 7.11 Å². The monoisotopic (exact) mass is 318 g/mol. The van der Waals surface area contributed by atoms with Crippen LogP contribution >= 0.6 is 0 Å². The molecule has 2 saturated heterocycles. The summed E-state index contributed by atoms with van der Waals surface area (Å²) < 4.78 is 31.3. The van der Waals surface area contributed by atoms with Crippen LogP contribution in [-0.2, 0) is 42.8 Å². The van der Waals surface area contributed by atoms with Crippen LogP contribution in [0.1, 0.15) is 20.8 Å². The van der Waals surface area contributed by atoms with Gasteiger partial charge in [0.05, 0.1) is 7.11 Å². The maximum atomic E-state index is 11.9. The molecule has 9 nitrogen and oxygen atoms in total. The first-order valence-electron chi connectivity index (χ1n) is 6.72. The Labute approximate surface area is 126 Å². The number of carbonyl (C=O) groups is 3. The molecule has 0 aliphatic carbocycles. The maximum absolute atomic E-state index is 11.9. The fourth-order valence-corrected chi connectivity index (χ4v) is 2.46. The SMILES string of the molecule is COC(=O)[C@@H]1O[C@@H]2O[C@@H](C)O[C@@H]2[C@@H](OC(C)=O)[C@@H]1OC(C)=O. The number of fused-ring (bicyclic) bond motifs is 1. The van der Waals surface area contributed by atoms with Gasteiger partial charge < -0.3 is 28.4 Å². The van der Waals surface area contributed by atoms with E-state index in [9.17, 15) is 14.4 Å². The van der Waals surface area contributed by atoms with Gasteiger partial charge in [0.1, 0.15) is 0 Å². The number of hydrogen-bond donors (Lipinski definition) is 0. The minimum atomic E-state index is -1.28. The summed E-state index contributed by atoms with van der Waals surface area (Å²) in [6.45, 7) is 3.99. The molecule has 0 bridgehead atoms. The average Bonchev–Trinajstić information content (AvgIpc) is 2.79. The van der Waals surface area contributed by atoms with Gasteiger partial charge in [-0.2, -0.15) is 0 Å². The predicted octanol–water partition coefficient (Wildman–Crippen LogP) is -0.491. The first-order valence-corrected chi connectivity index (χ1v) is 6.72. The molecule has 124 valence electrons. The standard InChI is InChI=1S/C13H18O9/c1-5(14)18-8-9(19-6(2)15)11-13(21-7(3)20-11)22-10(8)12(16)17-4/h7-11,13H,1-4H3/t7-,8-,9-,10+,11+,13-/m0/s1. The van der Waals surface area contributed by atoms with Crippen molar-refractivity contribution < 1.29 is 42.8 Å². The van der Waals surface area contributed by atoms with Gasteiger partial charge in [-0.15, -0.1) is 0 Å². The zero-order valence-corrected chi connectivity index (χ0v) is 12.6. The van der Waals surface area contributed by atoms with Crippen LogP contribution in [0.5, 0.6) is 0 Å². The van der Waals surface area contributed by atoms with Crippen molar-refractivity contribution in [2.24, 2.45) is 0 Å². The number of esters is 3. The third kappa shape index (κ3) is 3.37. The Hall–Kier alpha value is -1.71. The highest BCUT2D eigenvalue weighted by Crippen LogP contribution is 2.34. The first kappa shape index (κ1) is 16.7. The van der Waals surface area contributed by atoms with E-state index < -0.39 is 54.9 Å². The molecular formula is C13H18O9. The minimum Gasteiger partial charge on any atom is -0.467 e. The van der Waals surface area contributed by atoms with Gasteiger partial charge in [-0.25, -0.2) is 4.79 Å². The van der Waals surface area contributed by atoms with Crippen LogP contribution in [0, 0.1) is 0 Å². The van der Waals surface area contributed by atoms with Crippen molar-refractivity contribution >= 4 is 17.9 Å². The molecule has 0 aromatic heterocycles. The summed E-state index contributed by atoms with van der Waals surface area (Å²) in [5.74, 6) is -2.05. The second kappa shape index (κ2) is 6.59. The van der Waals surface area contributed by atoms with Crippen molar-refractivity contribution in [1.29, 1.82) is 0 Å². The molecule has 22 heavy (non-hydrogen) atoms. The van der Waals surface area contributed by atoms with Crippen molar-refractivity contribution in [3.8, 4) is 0 Å². The molecular weight excluding hydrogens is 300 g/mol. The smallest absolute Gasteiger partial charge is 0.339 e. The van der Waals surface area contributed by atoms with Crippen LogP contribution in [0.3, 0.4) is 0 Å². The summed E-state index contributed by atoms with van der Waals surface area (Å²) >= 11 is 0. The van der Waals surface area contributed by atoms with Gasteiger partial charge in [-0.05, 0) is 6.92 Å². The number of methoxy groups -OCH3 is 1. The highest BCUT2D eigenvalue weighted by atomic mass is 16.8. The lowest BCUT2D eigenvalue weighted by atomic mass is 9.98. The third-order valence-electron chi connectivity index (χ3n) is 3.21. The molecule has 0 unspecified atom stereocenters. The lowest BCUT2D eigenvalue weighted by Gasteiger charge is -2.39. The highest BCUT2D eigenvalue weighted by Gasteiger charge is 2.57. The second-order valence-corrected chi connectivity index (χ2v) is 4.90. The molecule has 9 heteroatoms. The Morgan fingerprint density at radius 1 is 0.909 bits per heavy atom. The molecule has 0 saturated carbocycles. The fourth-order valence-electron chi connectivity index (χ4n) is 2.46. The van der Waals surface area contributed by atoms with Gasteiger partial charge in [0.15, 0.2) is 37.0 Å². The molecule has 0 aromatic rings. The molecule has 6 atom stereocenters. The average molecular weight is 318 g/mol. The number of hydrogen-bond acceptors (Lipinski definition) is 9. The highest BCUT2D eigenvalue weighted by molar-refractivity contribution is 5.77.